The minimum absolute atomic E-state index is 0.176. The van der Waals surface area contributed by atoms with Crippen LogP contribution in [-0.2, 0) is 14.8 Å². The van der Waals surface area contributed by atoms with Gasteiger partial charge in [-0.25, -0.2) is 8.42 Å². The second-order valence-electron chi connectivity index (χ2n) is 7.12. The zero-order valence-electron chi connectivity index (χ0n) is 15.6. The molecule has 8 heteroatoms. The van der Waals surface area contributed by atoms with E-state index in [1.807, 2.05) is 6.07 Å². The van der Waals surface area contributed by atoms with Crippen LogP contribution in [-0.4, -0.2) is 65.9 Å². The Hall–Kier alpha value is -2.03. The highest BCUT2D eigenvalue weighted by Crippen LogP contribution is 2.26. The first-order valence-electron chi connectivity index (χ1n) is 9.12. The molecule has 3 rings (SSSR count). The van der Waals surface area contributed by atoms with Gasteiger partial charge in [-0.15, -0.1) is 0 Å². The molecule has 7 nitrogen and oxygen atoms in total. The van der Waals surface area contributed by atoms with Gasteiger partial charge in [-0.2, -0.15) is 4.31 Å². The normalized spacial score (nSPS) is 17.9. The highest BCUT2D eigenvalue weighted by molar-refractivity contribution is 7.89. The Kier molecular flexibility index (Phi) is 5.78. The molecule has 2 aromatic rings. The first kappa shape index (κ1) is 19.7. The van der Waals surface area contributed by atoms with Crippen molar-refractivity contribution in [3.8, 4) is 0 Å². The molecule has 146 valence electrons. The average molecular weight is 391 g/mol. The van der Waals surface area contributed by atoms with E-state index in [1.54, 1.807) is 49.3 Å². The van der Waals surface area contributed by atoms with Crippen LogP contribution in [0.15, 0.2) is 41.6 Å². The van der Waals surface area contributed by atoms with Gasteiger partial charge in [0, 0.05) is 49.3 Å². The number of fused-ring (bicyclic) bond motifs is 1. The Bertz CT molecular complexity index is 924. The van der Waals surface area contributed by atoms with Gasteiger partial charge in [0.25, 0.3) is 5.91 Å². The number of aliphatic hydroxyl groups excluding tert-OH is 1. The number of carbonyl (C=O) groups is 1. The molecule has 27 heavy (non-hydrogen) atoms. The molecule has 1 amide bonds. The number of rotatable bonds is 4. The summed E-state index contributed by atoms with van der Waals surface area (Å²) >= 11 is 0. The van der Waals surface area contributed by atoms with Crippen LogP contribution in [0.5, 0.6) is 0 Å². The largest absolute Gasteiger partial charge is 0.383 e. The zero-order chi connectivity index (χ0) is 19.6. The molecule has 0 spiro atoms. The lowest BCUT2D eigenvalue weighted by atomic mass is 10.1. The number of hydrogen-bond acceptors (Lipinski definition) is 5. The molecular formula is C19H25N3O4S. The van der Waals surface area contributed by atoms with Crippen molar-refractivity contribution in [1.82, 2.24) is 14.2 Å². The number of aliphatic hydroxyl groups is 1. The van der Waals surface area contributed by atoms with Crippen LogP contribution in [0.25, 0.3) is 10.8 Å². The first-order chi connectivity index (χ1) is 12.8. The SMILES string of the molecule is CC(C)[C@H](O)C(=O)N1CCCN(S(=O)(=O)c2cccc3cnccc23)CC1. The summed E-state index contributed by atoms with van der Waals surface area (Å²) in [4.78, 5) is 18.3. The van der Waals surface area contributed by atoms with Crippen LogP contribution < -0.4 is 0 Å². The molecule has 0 unspecified atom stereocenters. The Morgan fingerprint density at radius 2 is 1.93 bits per heavy atom. The van der Waals surface area contributed by atoms with E-state index < -0.39 is 16.1 Å². The van der Waals surface area contributed by atoms with Crippen LogP contribution in [0.1, 0.15) is 20.3 Å². The van der Waals surface area contributed by atoms with Gasteiger partial charge >= 0.3 is 0 Å². The van der Waals surface area contributed by atoms with Crippen LogP contribution in [0.4, 0.5) is 0 Å². The minimum Gasteiger partial charge on any atom is -0.383 e. The molecule has 0 aliphatic carbocycles. The van der Waals surface area contributed by atoms with Crippen molar-refractivity contribution < 1.29 is 18.3 Å². The summed E-state index contributed by atoms with van der Waals surface area (Å²) < 4.78 is 27.9. The Morgan fingerprint density at radius 1 is 1.15 bits per heavy atom. The third kappa shape index (κ3) is 3.97. The van der Waals surface area contributed by atoms with Gasteiger partial charge in [-0.1, -0.05) is 26.0 Å². The van der Waals surface area contributed by atoms with Crippen LogP contribution in [0.2, 0.25) is 0 Å². The predicted octanol–water partition coefficient (Wildman–Crippen LogP) is 1.47. The summed E-state index contributed by atoms with van der Waals surface area (Å²) in [6, 6.07) is 6.85. The fraction of sp³-hybridized carbons (Fsp3) is 0.474. The van der Waals surface area contributed by atoms with E-state index in [2.05, 4.69) is 4.98 Å². The summed E-state index contributed by atoms with van der Waals surface area (Å²) in [5.74, 6) is -0.509. The third-order valence-electron chi connectivity index (χ3n) is 4.91. The van der Waals surface area contributed by atoms with E-state index in [4.69, 9.17) is 0 Å². The molecule has 1 aromatic heterocycles. The number of carbonyl (C=O) groups excluding carboxylic acids is 1. The van der Waals surface area contributed by atoms with Crippen molar-refractivity contribution in [1.29, 1.82) is 0 Å². The fourth-order valence-corrected chi connectivity index (χ4v) is 4.97. The van der Waals surface area contributed by atoms with E-state index >= 15 is 0 Å². The van der Waals surface area contributed by atoms with Crippen molar-refractivity contribution in [3.63, 3.8) is 0 Å². The van der Waals surface area contributed by atoms with E-state index in [1.165, 1.54) is 4.31 Å². The van der Waals surface area contributed by atoms with Gasteiger partial charge in [0.2, 0.25) is 10.0 Å². The highest BCUT2D eigenvalue weighted by Gasteiger charge is 2.31. The summed E-state index contributed by atoms with van der Waals surface area (Å²) in [6.07, 6.45) is 2.70. The minimum atomic E-state index is -3.69. The van der Waals surface area contributed by atoms with Gasteiger partial charge in [0.05, 0.1) is 4.90 Å². The molecule has 1 aliphatic rings. The van der Waals surface area contributed by atoms with Gasteiger partial charge in [-0.05, 0) is 24.5 Å². The maximum absolute atomic E-state index is 13.2. The molecule has 1 fully saturated rings. The first-order valence-corrected chi connectivity index (χ1v) is 10.6. The van der Waals surface area contributed by atoms with Crippen LogP contribution in [0, 0.1) is 5.92 Å². The number of amides is 1. The lowest BCUT2D eigenvalue weighted by molar-refractivity contribution is -0.142. The Morgan fingerprint density at radius 3 is 2.67 bits per heavy atom. The van der Waals surface area contributed by atoms with Crippen LogP contribution in [0.3, 0.4) is 0 Å². The summed E-state index contributed by atoms with van der Waals surface area (Å²) in [7, 11) is -3.69. The summed E-state index contributed by atoms with van der Waals surface area (Å²) in [6.45, 7) is 4.83. The summed E-state index contributed by atoms with van der Waals surface area (Å²) in [5, 5.41) is 11.4. The number of benzene rings is 1. The fourth-order valence-electron chi connectivity index (χ4n) is 3.28. The number of hydrogen-bond donors (Lipinski definition) is 1. The van der Waals surface area contributed by atoms with Crippen LogP contribution >= 0.6 is 0 Å². The Balaban J connectivity index is 1.83. The molecule has 0 radical (unpaired) electrons. The van der Waals surface area contributed by atoms with Crippen molar-refractivity contribution in [2.45, 2.75) is 31.3 Å². The van der Waals surface area contributed by atoms with Crippen molar-refractivity contribution in [2.75, 3.05) is 26.2 Å². The topological polar surface area (TPSA) is 90.8 Å². The molecular weight excluding hydrogens is 366 g/mol. The van der Waals surface area contributed by atoms with E-state index in [9.17, 15) is 18.3 Å². The average Bonchev–Trinajstić information content (AvgIpc) is 2.93. The third-order valence-corrected chi connectivity index (χ3v) is 6.87. The Labute approximate surface area is 159 Å². The molecule has 0 bridgehead atoms. The quantitative estimate of drug-likeness (QED) is 0.852. The van der Waals surface area contributed by atoms with E-state index in [-0.39, 0.29) is 29.8 Å². The van der Waals surface area contributed by atoms with Gasteiger partial charge < -0.3 is 10.0 Å². The van der Waals surface area contributed by atoms with Gasteiger partial charge in [0.1, 0.15) is 6.10 Å². The maximum atomic E-state index is 13.2. The van der Waals surface area contributed by atoms with E-state index in [0.717, 1.165) is 5.39 Å². The second-order valence-corrected chi connectivity index (χ2v) is 9.03. The number of aromatic nitrogens is 1. The lowest BCUT2D eigenvalue weighted by Gasteiger charge is -2.25. The van der Waals surface area contributed by atoms with Gasteiger partial charge in [-0.3, -0.25) is 9.78 Å². The highest BCUT2D eigenvalue weighted by atomic mass is 32.2. The number of pyridine rings is 1. The van der Waals surface area contributed by atoms with Gasteiger partial charge in [0.15, 0.2) is 0 Å². The summed E-state index contributed by atoms with van der Waals surface area (Å²) in [5.41, 5.74) is 0. The monoisotopic (exact) mass is 391 g/mol. The smallest absolute Gasteiger partial charge is 0.251 e. The van der Waals surface area contributed by atoms with Crippen molar-refractivity contribution >= 4 is 26.7 Å². The molecule has 1 aromatic carbocycles. The molecule has 1 N–H and O–H groups in total. The lowest BCUT2D eigenvalue weighted by Crippen LogP contribution is -2.43. The molecule has 0 saturated carbocycles. The molecule has 2 heterocycles. The maximum Gasteiger partial charge on any atom is 0.251 e. The number of sulfonamides is 1. The van der Waals surface area contributed by atoms with Crippen molar-refractivity contribution in [2.24, 2.45) is 5.92 Å². The zero-order valence-corrected chi connectivity index (χ0v) is 16.4. The predicted molar refractivity (Wildman–Crippen MR) is 103 cm³/mol. The molecule has 1 aliphatic heterocycles. The number of nitrogens with zero attached hydrogens (tertiary/aromatic N) is 3. The second kappa shape index (κ2) is 7.92. The van der Waals surface area contributed by atoms with E-state index in [0.29, 0.717) is 24.9 Å². The van der Waals surface area contributed by atoms with Crippen molar-refractivity contribution in [3.05, 3.63) is 36.7 Å². The standard InChI is InChI=1S/C19H25N3O4S/c1-14(2)18(23)19(24)21-9-4-10-22(12-11-21)27(25,26)17-6-3-5-15-13-20-8-7-16(15)17/h3,5-8,13-14,18,23H,4,9-12H2,1-2H3/t18-/m0/s1. The molecule has 1 saturated heterocycles. The molecule has 1 atom stereocenters.